The summed E-state index contributed by atoms with van der Waals surface area (Å²) in [6.45, 7) is 3.24. The summed E-state index contributed by atoms with van der Waals surface area (Å²) in [5, 5.41) is 1.12. The number of nitrogens with zero attached hydrogens (tertiary/aromatic N) is 5. The Morgan fingerprint density at radius 3 is 2.28 bits per heavy atom. The molecule has 1 aromatic heterocycles. The molecular weight excluding hydrogens is 649 g/mol. The number of amides is 1. The fourth-order valence-corrected chi connectivity index (χ4v) is 5.82. The van der Waals surface area contributed by atoms with Gasteiger partial charge < -0.3 is 14.5 Å². The van der Waals surface area contributed by atoms with E-state index >= 15 is 0 Å². The predicted octanol–water partition coefficient (Wildman–Crippen LogP) is 5.05. The zero-order valence-corrected chi connectivity index (χ0v) is 28.9. The summed E-state index contributed by atoms with van der Waals surface area (Å²) < 4.78 is 33.2. The lowest BCUT2D eigenvalue weighted by Crippen LogP contribution is -2.44. The van der Waals surface area contributed by atoms with Gasteiger partial charge in [-0.3, -0.25) is 14.2 Å². The first-order valence-corrected chi connectivity index (χ1v) is 17.4. The van der Waals surface area contributed by atoms with Crippen LogP contribution in [0, 0.1) is 0 Å². The summed E-state index contributed by atoms with van der Waals surface area (Å²) in [4.78, 5) is 37.1. The maximum absolute atomic E-state index is 14.3. The number of halogens is 2. The molecule has 0 N–H and O–H groups in total. The summed E-state index contributed by atoms with van der Waals surface area (Å²) in [5.41, 5.74) is 1.36. The third-order valence-corrected chi connectivity index (χ3v) is 9.67. The number of benzene rings is 3. The molecule has 1 amide bonds. The van der Waals surface area contributed by atoms with E-state index in [1.165, 1.54) is 15.9 Å². The normalized spacial score (nSPS) is 12.5. The summed E-state index contributed by atoms with van der Waals surface area (Å²) in [6.07, 6.45) is 1.31. The first-order valence-electron chi connectivity index (χ1n) is 14.8. The fourth-order valence-electron chi connectivity index (χ4n) is 5.06. The van der Waals surface area contributed by atoms with Gasteiger partial charge in [-0.2, -0.15) is 0 Å². The number of hydrogen-bond donors (Lipinski definition) is 0. The third kappa shape index (κ3) is 8.65. The number of sulfonamides is 1. The first-order chi connectivity index (χ1) is 21.8. The van der Waals surface area contributed by atoms with Crippen molar-refractivity contribution in [2.75, 3.05) is 53.6 Å². The van der Waals surface area contributed by atoms with Gasteiger partial charge in [-0.1, -0.05) is 41.4 Å². The Kier molecular flexibility index (Phi) is 11.8. The minimum Gasteiger partial charge on any atom is -0.494 e. The number of carbonyl (C=O) groups is 1. The van der Waals surface area contributed by atoms with Crippen molar-refractivity contribution in [2.24, 2.45) is 0 Å². The van der Waals surface area contributed by atoms with Gasteiger partial charge in [0.25, 0.3) is 5.56 Å². The van der Waals surface area contributed by atoms with Crippen LogP contribution in [0.2, 0.25) is 10.0 Å². The Balaban J connectivity index is 1.94. The predicted molar refractivity (Wildman–Crippen MR) is 184 cm³/mol. The highest BCUT2D eigenvalue weighted by atomic mass is 35.5. The van der Waals surface area contributed by atoms with Gasteiger partial charge in [-0.05, 0) is 81.5 Å². The van der Waals surface area contributed by atoms with Crippen molar-refractivity contribution in [3.05, 3.63) is 98.5 Å². The van der Waals surface area contributed by atoms with E-state index in [0.717, 1.165) is 6.26 Å². The zero-order chi connectivity index (χ0) is 33.6. The van der Waals surface area contributed by atoms with E-state index in [0.29, 0.717) is 56.9 Å². The second-order valence-electron chi connectivity index (χ2n) is 11.3. The number of carbonyl (C=O) groups excluding carboxylic acids is 1. The minimum atomic E-state index is -3.53. The second-order valence-corrected chi connectivity index (χ2v) is 14.2. The molecule has 0 aliphatic carbocycles. The summed E-state index contributed by atoms with van der Waals surface area (Å²) >= 11 is 12.4. The Hall–Kier alpha value is -3.48. The van der Waals surface area contributed by atoms with E-state index < -0.39 is 16.1 Å². The number of likely N-dealkylation sites (N-methyl/N-ethyl adjacent to an activating group) is 1. The second kappa shape index (κ2) is 15.4. The quantitative estimate of drug-likeness (QED) is 0.183. The van der Waals surface area contributed by atoms with Crippen LogP contribution in [0.4, 0.5) is 0 Å². The van der Waals surface area contributed by atoms with E-state index in [-0.39, 0.29) is 37.4 Å². The van der Waals surface area contributed by atoms with Gasteiger partial charge in [-0.15, -0.1) is 0 Å². The van der Waals surface area contributed by atoms with Crippen LogP contribution in [0.25, 0.3) is 16.6 Å². The molecule has 46 heavy (non-hydrogen) atoms. The zero-order valence-electron chi connectivity index (χ0n) is 26.6. The molecule has 0 aliphatic rings. The van der Waals surface area contributed by atoms with E-state index in [1.807, 2.05) is 25.9 Å². The highest BCUT2D eigenvalue weighted by molar-refractivity contribution is 7.88. The lowest BCUT2D eigenvalue weighted by atomic mass is 10.1. The molecule has 0 spiro atoms. The highest BCUT2D eigenvalue weighted by Crippen LogP contribution is 2.29. The Bertz CT molecular complexity index is 1850. The molecule has 10 nitrogen and oxygen atoms in total. The van der Waals surface area contributed by atoms with Crippen LogP contribution in [0.15, 0.2) is 71.5 Å². The van der Waals surface area contributed by atoms with Crippen molar-refractivity contribution in [2.45, 2.75) is 25.8 Å². The third-order valence-electron chi connectivity index (χ3n) is 7.61. The fraction of sp³-hybridized carbons (Fsp3) is 0.364. The molecule has 1 atom stereocenters. The number of aromatic nitrogens is 2. The number of para-hydroxylation sites is 1. The SMILES string of the molecule is CCOc1ccc(-n2c(C(CCN(C)S(C)(=O)=O)N(CCN(C)C)C(=O)Cc3ccc(Cl)c(Cl)c3)nc3ccccc3c2=O)cc1. The molecule has 0 saturated heterocycles. The molecule has 13 heteroatoms. The van der Waals surface area contributed by atoms with Gasteiger partial charge in [-0.25, -0.2) is 17.7 Å². The summed E-state index contributed by atoms with van der Waals surface area (Å²) in [6, 6.07) is 18.4. The largest absolute Gasteiger partial charge is 0.494 e. The van der Waals surface area contributed by atoms with Crippen LogP contribution in [0.3, 0.4) is 0 Å². The molecule has 246 valence electrons. The van der Waals surface area contributed by atoms with E-state index in [4.69, 9.17) is 32.9 Å². The highest BCUT2D eigenvalue weighted by Gasteiger charge is 2.31. The van der Waals surface area contributed by atoms with Crippen molar-refractivity contribution in [3.63, 3.8) is 0 Å². The molecule has 0 bridgehead atoms. The van der Waals surface area contributed by atoms with Crippen LogP contribution >= 0.6 is 23.2 Å². The Labute approximate surface area is 280 Å². The van der Waals surface area contributed by atoms with Gasteiger partial charge in [0.15, 0.2) is 0 Å². The van der Waals surface area contributed by atoms with E-state index in [9.17, 15) is 18.0 Å². The molecule has 0 fully saturated rings. The minimum absolute atomic E-state index is 0.00357. The number of rotatable bonds is 14. The van der Waals surface area contributed by atoms with Gasteiger partial charge >= 0.3 is 0 Å². The Morgan fingerprint density at radius 2 is 1.65 bits per heavy atom. The first kappa shape index (κ1) is 35.4. The number of hydrogen-bond acceptors (Lipinski definition) is 7. The van der Waals surface area contributed by atoms with Crippen LogP contribution in [-0.4, -0.2) is 91.6 Å². The van der Waals surface area contributed by atoms with Gasteiger partial charge in [0, 0.05) is 26.7 Å². The van der Waals surface area contributed by atoms with Gasteiger partial charge in [0.05, 0.1) is 52.0 Å². The van der Waals surface area contributed by atoms with Crippen LogP contribution in [-0.2, 0) is 21.2 Å². The van der Waals surface area contributed by atoms with Crippen molar-refractivity contribution < 1.29 is 17.9 Å². The van der Waals surface area contributed by atoms with Crippen LogP contribution in [0.1, 0.15) is 30.8 Å². The maximum atomic E-state index is 14.3. The molecule has 1 heterocycles. The molecule has 4 rings (SSSR count). The topological polar surface area (TPSA) is 105 Å². The van der Waals surface area contributed by atoms with Crippen LogP contribution in [0.5, 0.6) is 5.75 Å². The van der Waals surface area contributed by atoms with Crippen molar-refractivity contribution in [1.29, 1.82) is 0 Å². The summed E-state index contributed by atoms with van der Waals surface area (Å²) in [5.74, 6) is 0.717. The van der Waals surface area contributed by atoms with Gasteiger partial charge in [0.1, 0.15) is 11.6 Å². The molecule has 0 saturated carbocycles. The molecule has 0 aliphatic heterocycles. The Morgan fingerprint density at radius 1 is 0.957 bits per heavy atom. The smallest absolute Gasteiger partial charge is 0.266 e. The maximum Gasteiger partial charge on any atom is 0.266 e. The van der Waals surface area contributed by atoms with E-state index in [2.05, 4.69) is 0 Å². The molecule has 1 unspecified atom stereocenters. The average molecular weight is 689 g/mol. The van der Waals surface area contributed by atoms with Crippen molar-refractivity contribution in [1.82, 2.24) is 23.7 Å². The lowest BCUT2D eigenvalue weighted by Gasteiger charge is -2.34. The molecular formula is C33H39Cl2N5O5S. The summed E-state index contributed by atoms with van der Waals surface area (Å²) in [7, 11) is 1.76. The molecule has 0 radical (unpaired) electrons. The number of fused-ring (bicyclic) bond motifs is 1. The van der Waals surface area contributed by atoms with Crippen LogP contribution < -0.4 is 10.3 Å². The lowest BCUT2D eigenvalue weighted by molar-refractivity contribution is -0.133. The van der Waals surface area contributed by atoms with E-state index in [1.54, 1.807) is 71.6 Å². The monoisotopic (exact) mass is 687 g/mol. The van der Waals surface area contributed by atoms with Crippen molar-refractivity contribution in [3.8, 4) is 11.4 Å². The van der Waals surface area contributed by atoms with Crippen molar-refractivity contribution >= 4 is 50.0 Å². The number of ether oxygens (including phenoxy) is 1. The average Bonchev–Trinajstić information content (AvgIpc) is 3.00. The molecule has 3 aromatic carbocycles. The van der Waals surface area contributed by atoms with Gasteiger partial charge in [0.2, 0.25) is 15.9 Å². The standard InChI is InChI=1S/C33H39Cl2N5O5S/c1-6-45-25-14-12-24(13-15-25)40-32(36-29-10-8-7-9-26(29)33(40)42)30(17-18-38(4)46(5,43)44)39(20-19-37(2)3)31(41)22-23-11-16-27(34)28(35)21-23/h7-16,21,30H,6,17-20,22H2,1-5H3. The molecule has 4 aromatic rings.